The lowest BCUT2D eigenvalue weighted by Gasteiger charge is -2.11. The van der Waals surface area contributed by atoms with Gasteiger partial charge in [0.05, 0.1) is 0 Å². The highest BCUT2D eigenvalue weighted by Gasteiger charge is 2.06. The van der Waals surface area contributed by atoms with E-state index < -0.39 is 0 Å². The molecule has 0 amide bonds. The Balaban J connectivity index is 2.57. The Morgan fingerprint density at radius 3 is 1.52 bits per heavy atom. The van der Waals surface area contributed by atoms with Gasteiger partial charge in [-0.05, 0) is 20.3 Å². The van der Waals surface area contributed by atoms with Crippen molar-refractivity contribution >= 4 is 17.8 Å². The number of hydrogen-bond donors (Lipinski definition) is 3. The van der Waals surface area contributed by atoms with Gasteiger partial charge in [-0.2, -0.15) is 15.0 Å². The van der Waals surface area contributed by atoms with E-state index in [1.807, 2.05) is 13.8 Å². The van der Waals surface area contributed by atoms with Gasteiger partial charge in [0, 0.05) is 19.8 Å². The second-order valence-corrected chi connectivity index (χ2v) is 4.52. The fraction of sp³-hybridized carbons (Fsp3) is 0.786. The lowest BCUT2D eigenvalue weighted by Crippen LogP contribution is -2.16. The van der Waals surface area contributed by atoms with E-state index in [2.05, 4.69) is 37.8 Å². The average molecular weight is 328 g/mol. The molecule has 0 aliphatic heterocycles. The minimum Gasteiger partial charge on any atom is -0.362 e. The van der Waals surface area contributed by atoms with Crippen LogP contribution in [0.4, 0.5) is 17.8 Å². The summed E-state index contributed by atoms with van der Waals surface area (Å²) in [6.07, 6.45) is 2.13. The van der Waals surface area contributed by atoms with E-state index in [4.69, 9.17) is 14.2 Å². The quantitative estimate of drug-likeness (QED) is 0.349. The second kappa shape index (κ2) is 12.8. The van der Waals surface area contributed by atoms with Crippen molar-refractivity contribution in [3.63, 3.8) is 0 Å². The number of unbranched alkanes of at least 4 members (excludes halogenated alkanes) is 1. The van der Waals surface area contributed by atoms with Gasteiger partial charge in [-0.15, -0.1) is 0 Å². The van der Waals surface area contributed by atoms with Crippen molar-refractivity contribution in [1.82, 2.24) is 15.0 Å². The molecule has 0 bridgehead atoms. The fourth-order valence-corrected chi connectivity index (χ4v) is 1.48. The summed E-state index contributed by atoms with van der Waals surface area (Å²) in [7, 11) is 0. The van der Waals surface area contributed by atoms with Crippen LogP contribution < -0.4 is 16.0 Å². The normalized spacial score (nSPS) is 10.6. The SMILES string of the molecule is CCCCOCNc1nc(NCOCC)nc(NCOCC)n1. The first kappa shape index (κ1) is 19.3. The molecule has 9 nitrogen and oxygen atoms in total. The highest BCUT2D eigenvalue weighted by Crippen LogP contribution is 2.09. The van der Waals surface area contributed by atoms with Crippen LogP contribution in [0.5, 0.6) is 0 Å². The minimum absolute atomic E-state index is 0.331. The highest BCUT2D eigenvalue weighted by molar-refractivity contribution is 5.41. The number of rotatable bonds is 14. The maximum Gasteiger partial charge on any atom is 0.231 e. The minimum atomic E-state index is 0.331. The third-order valence-electron chi connectivity index (χ3n) is 2.68. The Morgan fingerprint density at radius 2 is 1.13 bits per heavy atom. The van der Waals surface area contributed by atoms with Crippen LogP contribution in [0.1, 0.15) is 33.6 Å². The molecule has 0 atom stereocenters. The predicted octanol–water partition coefficient (Wildman–Crippen LogP) is 1.87. The molecule has 132 valence electrons. The molecule has 0 unspecified atom stereocenters. The number of nitrogens with zero attached hydrogens (tertiary/aromatic N) is 3. The van der Waals surface area contributed by atoms with Gasteiger partial charge in [0.25, 0.3) is 0 Å². The zero-order valence-corrected chi connectivity index (χ0v) is 14.2. The Kier molecular flexibility index (Phi) is 10.8. The molecule has 0 saturated carbocycles. The Bertz CT molecular complexity index is 393. The Labute approximate surface area is 137 Å². The molecule has 1 rings (SSSR count). The average Bonchev–Trinajstić information content (AvgIpc) is 2.55. The maximum absolute atomic E-state index is 5.45. The lowest BCUT2D eigenvalue weighted by atomic mass is 10.4. The van der Waals surface area contributed by atoms with Crippen molar-refractivity contribution in [1.29, 1.82) is 0 Å². The smallest absolute Gasteiger partial charge is 0.231 e. The summed E-state index contributed by atoms with van der Waals surface area (Å²) < 4.78 is 15.9. The van der Waals surface area contributed by atoms with Gasteiger partial charge in [0.15, 0.2) is 0 Å². The topological polar surface area (TPSA) is 102 Å². The summed E-state index contributed by atoms with van der Waals surface area (Å²) in [5.41, 5.74) is 0. The van der Waals surface area contributed by atoms with Crippen molar-refractivity contribution in [3.8, 4) is 0 Å². The van der Waals surface area contributed by atoms with Crippen molar-refractivity contribution in [2.24, 2.45) is 0 Å². The number of nitrogens with one attached hydrogen (secondary N) is 3. The third-order valence-corrected chi connectivity index (χ3v) is 2.68. The molecular formula is C14H28N6O3. The van der Waals surface area contributed by atoms with E-state index in [9.17, 15) is 0 Å². The van der Waals surface area contributed by atoms with Gasteiger partial charge in [-0.25, -0.2) is 0 Å². The van der Waals surface area contributed by atoms with Crippen LogP contribution >= 0.6 is 0 Å². The zero-order valence-electron chi connectivity index (χ0n) is 14.2. The van der Waals surface area contributed by atoms with E-state index in [-0.39, 0.29) is 0 Å². The van der Waals surface area contributed by atoms with Crippen molar-refractivity contribution in [2.75, 3.05) is 56.0 Å². The molecule has 0 spiro atoms. The van der Waals surface area contributed by atoms with Gasteiger partial charge in [-0.3, -0.25) is 0 Å². The maximum atomic E-state index is 5.45. The highest BCUT2D eigenvalue weighted by atomic mass is 16.5. The van der Waals surface area contributed by atoms with Crippen molar-refractivity contribution in [3.05, 3.63) is 0 Å². The number of hydrogen-bond acceptors (Lipinski definition) is 9. The van der Waals surface area contributed by atoms with E-state index in [0.717, 1.165) is 12.8 Å². The lowest BCUT2D eigenvalue weighted by molar-refractivity contribution is 0.148. The van der Waals surface area contributed by atoms with Crippen LogP contribution in [-0.4, -0.2) is 55.0 Å². The monoisotopic (exact) mass is 328 g/mol. The molecule has 1 aromatic heterocycles. The summed E-state index contributed by atoms with van der Waals surface area (Å²) in [5, 5.41) is 8.98. The van der Waals surface area contributed by atoms with Crippen LogP contribution in [0.15, 0.2) is 0 Å². The molecule has 3 N–H and O–H groups in total. The molecule has 1 aromatic rings. The molecule has 0 aliphatic carbocycles. The van der Waals surface area contributed by atoms with E-state index in [0.29, 0.717) is 57.9 Å². The number of anilines is 3. The second-order valence-electron chi connectivity index (χ2n) is 4.52. The first-order valence-corrected chi connectivity index (χ1v) is 8.01. The van der Waals surface area contributed by atoms with E-state index in [1.54, 1.807) is 0 Å². The molecule has 0 saturated heterocycles. The van der Waals surface area contributed by atoms with Crippen LogP contribution in [0.25, 0.3) is 0 Å². The molecule has 0 fully saturated rings. The van der Waals surface area contributed by atoms with Crippen LogP contribution in [0.3, 0.4) is 0 Å². The summed E-state index contributed by atoms with van der Waals surface area (Å²) in [6.45, 7) is 8.91. The van der Waals surface area contributed by atoms with E-state index in [1.165, 1.54) is 0 Å². The number of aromatic nitrogens is 3. The summed E-state index contributed by atoms with van der Waals surface area (Å²) >= 11 is 0. The molecule has 9 heteroatoms. The summed E-state index contributed by atoms with van der Waals surface area (Å²) in [6, 6.07) is 0. The van der Waals surface area contributed by atoms with E-state index >= 15 is 0 Å². The molecule has 0 aromatic carbocycles. The van der Waals surface area contributed by atoms with Crippen LogP contribution in [0, 0.1) is 0 Å². The van der Waals surface area contributed by atoms with Gasteiger partial charge in [0.2, 0.25) is 17.8 Å². The summed E-state index contributed by atoms with van der Waals surface area (Å²) in [5.74, 6) is 1.27. The molecule has 0 aliphatic rings. The molecule has 0 radical (unpaired) electrons. The van der Waals surface area contributed by atoms with Crippen LogP contribution in [-0.2, 0) is 14.2 Å². The molecule has 1 heterocycles. The zero-order chi connectivity index (χ0) is 16.8. The largest absolute Gasteiger partial charge is 0.362 e. The first-order chi connectivity index (χ1) is 11.3. The van der Waals surface area contributed by atoms with Crippen molar-refractivity contribution < 1.29 is 14.2 Å². The van der Waals surface area contributed by atoms with Gasteiger partial charge in [-0.1, -0.05) is 13.3 Å². The van der Waals surface area contributed by atoms with Gasteiger partial charge in [0.1, 0.15) is 20.2 Å². The number of ether oxygens (including phenoxy) is 3. The fourth-order valence-electron chi connectivity index (χ4n) is 1.48. The first-order valence-electron chi connectivity index (χ1n) is 8.01. The summed E-state index contributed by atoms with van der Waals surface area (Å²) in [4.78, 5) is 12.8. The molecule has 23 heavy (non-hydrogen) atoms. The Hall–Kier alpha value is -1.71. The van der Waals surface area contributed by atoms with Crippen LogP contribution in [0.2, 0.25) is 0 Å². The predicted molar refractivity (Wildman–Crippen MR) is 89.4 cm³/mol. The van der Waals surface area contributed by atoms with Gasteiger partial charge >= 0.3 is 0 Å². The Morgan fingerprint density at radius 1 is 0.696 bits per heavy atom. The standard InChI is InChI=1S/C14H28N6O3/c1-4-7-8-23-11-17-14-19-12(15-9-21-5-2)18-13(20-14)16-10-22-6-3/h4-11H2,1-3H3,(H3,15,16,17,18,19,20). The third kappa shape index (κ3) is 9.11. The van der Waals surface area contributed by atoms with Crippen molar-refractivity contribution in [2.45, 2.75) is 33.6 Å². The van der Waals surface area contributed by atoms with Gasteiger partial charge < -0.3 is 30.2 Å². The molecular weight excluding hydrogens is 300 g/mol.